The van der Waals surface area contributed by atoms with Crippen molar-refractivity contribution >= 4 is 203 Å². The number of rotatable bonds is 10. The summed E-state index contributed by atoms with van der Waals surface area (Å²) in [6, 6.07) is 12.4. The fourth-order valence-corrected chi connectivity index (χ4v) is 12.4. The number of aromatic amines is 2. The summed E-state index contributed by atoms with van der Waals surface area (Å²) < 4.78 is 73.8. The number of carbonyl (C=O) groups excluding carboxylic acids is 3. The number of nitriles is 2. The summed E-state index contributed by atoms with van der Waals surface area (Å²) in [6.07, 6.45) is 17.1. The van der Waals surface area contributed by atoms with Gasteiger partial charge < -0.3 is 50.3 Å². The van der Waals surface area contributed by atoms with Gasteiger partial charge in [-0.1, -0.05) is 93.3 Å². The quantitative estimate of drug-likeness (QED) is 0.0320. The van der Waals surface area contributed by atoms with Crippen LogP contribution in [0, 0.1) is 94.4 Å². The summed E-state index contributed by atoms with van der Waals surface area (Å²) in [4.78, 5) is 153. The Morgan fingerprint density at radius 1 is 0.496 bits per heavy atom. The van der Waals surface area contributed by atoms with Gasteiger partial charge in [-0.25, -0.2) is 101 Å². The van der Waals surface area contributed by atoms with Gasteiger partial charge in [0.2, 0.25) is 5.89 Å². The van der Waals surface area contributed by atoms with Crippen LogP contribution in [0.2, 0.25) is 35.9 Å². The van der Waals surface area contributed by atoms with E-state index in [0.717, 1.165) is 17.3 Å². The van der Waals surface area contributed by atoms with Crippen molar-refractivity contribution in [2.45, 2.75) is 68.0 Å². The number of H-pyrrole nitrogens is 2. The Hall–Kier alpha value is -13.0. The highest BCUT2D eigenvalue weighted by Crippen LogP contribution is 2.29. The molecule has 670 valence electrons. The molecule has 13 heterocycles. The molecule has 0 amide bonds. The van der Waals surface area contributed by atoms with Crippen LogP contribution in [0.1, 0.15) is 114 Å². The molecule has 0 radical (unpaired) electrons. The lowest BCUT2D eigenvalue weighted by Crippen LogP contribution is -2.22. The summed E-state index contributed by atoms with van der Waals surface area (Å²) in [7, 11) is 3.66. The van der Waals surface area contributed by atoms with E-state index in [9.17, 15) is 66.0 Å². The lowest BCUT2D eigenvalue weighted by molar-refractivity contribution is 0.0585. The molecule has 14 rings (SSSR count). The number of carboxylic acid groups (broad SMARTS) is 2. The van der Waals surface area contributed by atoms with Gasteiger partial charge in [-0.05, 0) is 160 Å². The van der Waals surface area contributed by atoms with Crippen LogP contribution in [-0.4, -0.2) is 146 Å². The molecule has 0 aliphatic heterocycles. The van der Waals surface area contributed by atoms with E-state index in [0.29, 0.717) is 81.9 Å². The van der Waals surface area contributed by atoms with E-state index in [1.807, 2.05) is 24.3 Å². The minimum Gasteiger partial charge on any atom is -0.478 e. The molecule has 129 heavy (non-hydrogen) atoms. The van der Waals surface area contributed by atoms with Crippen LogP contribution < -0.4 is 33.9 Å². The first-order valence-electron chi connectivity index (χ1n) is 35.3. The number of pyridine rings is 9. The number of nitrogens with two attached hydrogens (primary N) is 2. The van der Waals surface area contributed by atoms with Gasteiger partial charge >= 0.3 is 35.6 Å². The number of fused-ring (bicyclic) bond motifs is 3. The molecule has 0 atom stereocenters. The number of aromatic carboxylic acids is 2. The molecule has 14 aromatic rings. The number of aryl methyl sites for hydroxylation is 9. The van der Waals surface area contributed by atoms with E-state index in [1.165, 1.54) is 106 Å². The number of hydrogen-bond donors (Lipinski definition) is 6. The largest absolute Gasteiger partial charge is 0.478 e. The van der Waals surface area contributed by atoms with E-state index >= 15 is 0 Å². The van der Waals surface area contributed by atoms with Crippen LogP contribution in [-0.2, 0) is 33.7 Å². The first kappa shape index (κ1) is 105. The number of halogens is 14. The summed E-state index contributed by atoms with van der Waals surface area (Å²) in [5.41, 5.74) is 16.0. The fourth-order valence-electron chi connectivity index (χ4n) is 10.3. The molecule has 0 saturated heterocycles. The van der Waals surface area contributed by atoms with Crippen molar-refractivity contribution in [1.82, 2.24) is 84.1 Å². The minimum absolute atomic E-state index is 0.0177. The number of carbonyl (C=O) groups is 5. The van der Waals surface area contributed by atoms with Crippen LogP contribution in [0.15, 0.2) is 142 Å². The zero-order valence-electron chi connectivity index (χ0n) is 67.7. The third-order valence-corrected chi connectivity index (χ3v) is 20.1. The van der Waals surface area contributed by atoms with E-state index in [4.69, 9.17) is 113 Å². The number of aromatic nitrogens is 17. The number of nitrogen functional groups attached to an aromatic ring is 2. The van der Waals surface area contributed by atoms with Gasteiger partial charge in [0, 0.05) is 65.3 Å². The van der Waals surface area contributed by atoms with Crippen molar-refractivity contribution in [3.63, 3.8) is 0 Å². The van der Waals surface area contributed by atoms with Crippen LogP contribution in [0.25, 0.3) is 32.7 Å². The lowest BCUT2D eigenvalue weighted by Gasteiger charge is -2.07. The SMILES string of the molecule is COC(=O)c1c(Br)cnc(C)c1F.COC(=O)c1c(C)cnc(Cl)c1F.COC(=O)c1c(C)cnc(Cl)c1N.Cc1cnc(C#N)c2nc[nH]c(=O)c12.Cc1cnc(C#N)c2ncn(Cc3nn(CCc4ccc(Cl)cc4)c(=O)o3)c(=O)c12.Cc1cnc(Cl)c(N)c1C(=O)O.Cc1cnc(Cl)c2nc[nH]c(=O)c12.Fc1cc(Br)cnc1Cl.O=C(O)c1c(Br)cnc(Cl)c1F. The molecule has 0 unspecified atom stereocenters. The molecule has 36 nitrogen and oxygen atoms in total. The summed E-state index contributed by atoms with van der Waals surface area (Å²) >= 11 is 47.6. The van der Waals surface area contributed by atoms with Gasteiger partial charge in [-0.15, -0.1) is 5.10 Å². The standard InChI is InChI=1S/C20H15ClN6O3.C9H6N4O.C8H7BrFNO2.C8H7ClFNO2.C8H6ClN3O.C8H9ClN2O2.C7H7ClN2O2.C6H2BrClFNO2.C5H2BrClFN/c1-12-9-23-15(8-22)18-17(12)19(28)26(11-24-18)10-16-25-27(20(29)30-16)7-6-13-2-4-14(21)5-3-13;1-5-3-11-6(2-10)8-7(5)9(14)13-4-12-8;1-4-7(10)6(8(12)13-2)5(9)3-11-4;1-4-3-11-7(9)6(10)5(4)8(12)13-2;1-4-2-10-7(9)6-5(4)8(13)12-3-11-6;1-4-3-11-7(9)6(10)5(4)8(12)13-2;1-3-2-10-6(8)5(9)4(3)7(11)12;7-2-1-10-5(8)4(9)3(2)6(11)12;6-3-1-4(8)5(7)9-2-3/h2-5,9,11H,6-7,10H2,1H3;3-4H,1H3,(H,12,13,14);2*3H,1-2H3;2-3H,1H3,(H,11,12,13);3H,10H2,1-2H3;2H,9H2,1H3,(H,11,12);1H,(H,11,12);1-2H. The highest BCUT2D eigenvalue weighted by atomic mass is 79.9. The maximum atomic E-state index is 13.3. The first-order valence-corrected chi connectivity index (χ1v) is 40.3. The fraction of sp³-hybridized carbons (Fsp3) is 0.165. The van der Waals surface area contributed by atoms with Crippen molar-refractivity contribution in [2.24, 2.45) is 0 Å². The molecule has 0 spiro atoms. The van der Waals surface area contributed by atoms with Crippen LogP contribution >= 0.6 is 129 Å². The summed E-state index contributed by atoms with van der Waals surface area (Å²) in [5, 5.41) is 40.7. The van der Waals surface area contributed by atoms with Gasteiger partial charge in [0.1, 0.15) is 51.9 Å². The predicted molar refractivity (Wildman–Crippen MR) is 477 cm³/mol. The van der Waals surface area contributed by atoms with Crippen LogP contribution in [0.5, 0.6) is 0 Å². The number of nitrogens with zero attached hydrogens (tertiary/aromatic N) is 17. The Bertz CT molecular complexity index is 6730. The number of hydrogen-bond acceptors (Lipinski definition) is 30. The van der Waals surface area contributed by atoms with Gasteiger partial charge in [-0.3, -0.25) is 23.9 Å². The number of esters is 3. The summed E-state index contributed by atoms with van der Waals surface area (Å²) in [6.45, 7) is 11.9. The second-order valence-corrected chi connectivity index (χ2v) is 30.4. The highest BCUT2D eigenvalue weighted by molar-refractivity contribution is 9.11. The Kier molecular flexibility index (Phi) is 39.7. The lowest BCUT2D eigenvalue weighted by atomic mass is 10.1. The number of methoxy groups -OCH3 is 3. The van der Waals surface area contributed by atoms with Crippen molar-refractivity contribution in [2.75, 3.05) is 32.8 Å². The molecular formula is C79H61Br3Cl7F4N21O15. The molecule has 0 saturated carbocycles. The van der Waals surface area contributed by atoms with E-state index < -0.39 is 69.6 Å². The first-order chi connectivity index (χ1) is 60.9. The number of anilines is 2. The molecule has 0 aliphatic rings. The van der Waals surface area contributed by atoms with Crippen LogP contribution in [0.4, 0.5) is 28.9 Å². The zero-order valence-corrected chi connectivity index (χ0v) is 77.7. The normalized spacial score (nSPS) is 10.2. The zero-order chi connectivity index (χ0) is 96.3. The predicted octanol–water partition coefficient (Wildman–Crippen LogP) is 15.6. The molecule has 0 bridgehead atoms. The van der Waals surface area contributed by atoms with E-state index in [2.05, 4.69) is 137 Å². The number of ether oxygens (including phenoxy) is 3. The highest BCUT2D eigenvalue weighted by Gasteiger charge is 2.24. The second kappa shape index (κ2) is 48.8. The number of carboxylic acids is 2. The van der Waals surface area contributed by atoms with Crippen molar-refractivity contribution in [3.05, 3.63) is 309 Å². The maximum Gasteiger partial charge on any atom is 0.437 e. The van der Waals surface area contributed by atoms with Crippen molar-refractivity contribution in [3.8, 4) is 12.1 Å². The third kappa shape index (κ3) is 27.8. The van der Waals surface area contributed by atoms with Gasteiger partial charge in [0.25, 0.3) is 16.7 Å². The monoisotopic (exact) mass is 2100 g/mol. The second-order valence-electron chi connectivity index (χ2n) is 25.1. The molecule has 1 aromatic carbocycles. The molecule has 0 aliphatic carbocycles. The van der Waals surface area contributed by atoms with Gasteiger partial charge in [-0.2, -0.15) is 15.2 Å². The number of benzene rings is 1. The number of nitrogens with one attached hydrogen (secondary N) is 2. The Morgan fingerprint density at radius 2 is 0.915 bits per heavy atom. The van der Waals surface area contributed by atoms with Gasteiger partial charge in [0.05, 0.1) is 100 Å². The van der Waals surface area contributed by atoms with E-state index in [1.54, 1.807) is 59.9 Å². The molecule has 0 fully saturated rings. The summed E-state index contributed by atoms with van der Waals surface area (Å²) in [5.74, 6) is -7.98. The molecular weight excluding hydrogens is 2050 g/mol. The minimum atomic E-state index is -1.39. The third-order valence-electron chi connectivity index (χ3n) is 16.5. The maximum absolute atomic E-state index is 13.3. The van der Waals surface area contributed by atoms with E-state index in [-0.39, 0.29) is 116 Å². The van der Waals surface area contributed by atoms with Gasteiger partial charge in [0.15, 0.2) is 65.6 Å². The van der Waals surface area contributed by atoms with Crippen LogP contribution in [0.3, 0.4) is 0 Å². The average Bonchev–Trinajstić information content (AvgIpc) is 1.45. The Morgan fingerprint density at radius 3 is 1.41 bits per heavy atom. The van der Waals surface area contributed by atoms with Crippen molar-refractivity contribution in [1.29, 1.82) is 10.5 Å². The molecule has 8 N–H and O–H groups in total. The smallest absolute Gasteiger partial charge is 0.437 e. The Labute approximate surface area is 784 Å². The molecule has 13 aromatic heterocycles. The topological polar surface area (TPSA) is 544 Å². The Balaban J connectivity index is 0.000000230. The molecule has 50 heteroatoms. The van der Waals surface area contributed by atoms with Crippen molar-refractivity contribution < 1.29 is 70.4 Å². The average molecular weight is 2110 g/mol.